The van der Waals surface area contributed by atoms with Gasteiger partial charge in [0.2, 0.25) is 5.54 Å². The maximum atomic E-state index is 12.7. The molecule has 0 aliphatic rings. The van der Waals surface area contributed by atoms with Gasteiger partial charge in [-0.1, -0.05) is 18.2 Å². The highest BCUT2D eigenvalue weighted by Crippen LogP contribution is 2.30. The summed E-state index contributed by atoms with van der Waals surface area (Å²) in [6.45, 7) is 1.95. The third kappa shape index (κ3) is 2.86. The number of aliphatic carboxylic acids is 1. The molecule has 0 aromatic heterocycles. The predicted octanol–water partition coefficient (Wildman–Crippen LogP) is 2.13. The Balaban J connectivity index is 3.10. The number of benzene rings is 1. The zero-order valence-electron chi connectivity index (χ0n) is 10.2. The third-order valence-electron chi connectivity index (χ3n) is 2.75. The Morgan fingerprint density at radius 3 is 2.16 bits per heavy atom. The molecule has 0 radical (unpaired) electrons. The number of hydrogen-bond acceptors (Lipinski definition) is 2. The van der Waals surface area contributed by atoms with Gasteiger partial charge in [-0.05, 0) is 25.5 Å². The summed E-state index contributed by atoms with van der Waals surface area (Å²) in [4.78, 5) is 22.5. The molecule has 0 spiro atoms. The van der Waals surface area contributed by atoms with Crippen molar-refractivity contribution in [3.8, 4) is 0 Å². The highest BCUT2D eigenvalue weighted by molar-refractivity contribution is 5.99. The zero-order chi connectivity index (χ0) is 14.8. The average molecular weight is 275 g/mol. The van der Waals surface area contributed by atoms with Crippen LogP contribution in [0.1, 0.15) is 22.8 Å². The summed E-state index contributed by atoms with van der Waals surface area (Å²) in [7, 11) is 0. The predicted molar refractivity (Wildman–Crippen MR) is 60.7 cm³/mol. The van der Waals surface area contributed by atoms with Crippen molar-refractivity contribution in [2.45, 2.75) is 25.6 Å². The van der Waals surface area contributed by atoms with Crippen LogP contribution >= 0.6 is 0 Å². The van der Waals surface area contributed by atoms with E-state index >= 15 is 0 Å². The van der Waals surface area contributed by atoms with E-state index in [0.717, 1.165) is 0 Å². The number of rotatable bonds is 3. The summed E-state index contributed by atoms with van der Waals surface area (Å²) in [5.74, 6) is -3.25. The summed E-state index contributed by atoms with van der Waals surface area (Å²) in [6.07, 6.45) is -5.10. The number of amides is 1. The van der Waals surface area contributed by atoms with Crippen LogP contribution in [-0.2, 0) is 4.79 Å². The number of carbonyl (C=O) groups is 2. The average Bonchev–Trinajstić information content (AvgIpc) is 2.27. The molecule has 0 aliphatic carbocycles. The summed E-state index contributed by atoms with van der Waals surface area (Å²) in [5.41, 5.74) is -2.87. The molecule has 19 heavy (non-hydrogen) atoms. The molecule has 1 aromatic rings. The fourth-order valence-corrected chi connectivity index (χ4v) is 1.37. The van der Waals surface area contributed by atoms with Crippen molar-refractivity contribution >= 4 is 11.9 Å². The van der Waals surface area contributed by atoms with Gasteiger partial charge in [-0.2, -0.15) is 13.2 Å². The first kappa shape index (κ1) is 15.0. The SMILES string of the molecule is Cc1ccccc1C(=O)NC(C)(C(=O)O)C(F)(F)F. The molecule has 4 nitrogen and oxygen atoms in total. The van der Waals surface area contributed by atoms with E-state index in [1.54, 1.807) is 19.1 Å². The van der Waals surface area contributed by atoms with E-state index in [1.165, 1.54) is 17.4 Å². The van der Waals surface area contributed by atoms with Crippen LogP contribution in [0.2, 0.25) is 0 Å². The molecule has 0 heterocycles. The van der Waals surface area contributed by atoms with Gasteiger partial charge in [0.25, 0.3) is 5.91 Å². The van der Waals surface area contributed by atoms with Crippen LogP contribution in [0.15, 0.2) is 24.3 Å². The maximum Gasteiger partial charge on any atom is 0.422 e. The number of aryl methyl sites for hydroxylation is 1. The molecule has 2 N–H and O–H groups in total. The largest absolute Gasteiger partial charge is 0.479 e. The van der Waals surface area contributed by atoms with Crippen LogP contribution in [0.3, 0.4) is 0 Å². The summed E-state index contributed by atoms with van der Waals surface area (Å²) < 4.78 is 38.2. The third-order valence-corrected chi connectivity index (χ3v) is 2.75. The molecule has 7 heteroatoms. The van der Waals surface area contributed by atoms with Crippen LogP contribution in [0.25, 0.3) is 0 Å². The normalized spacial score (nSPS) is 14.6. The van der Waals surface area contributed by atoms with Gasteiger partial charge in [0.1, 0.15) is 0 Å². The fourth-order valence-electron chi connectivity index (χ4n) is 1.37. The lowest BCUT2D eigenvalue weighted by molar-refractivity contribution is -0.203. The lowest BCUT2D eigenvalue weighted by Gasteiger charge is -2.28. The van der Waals surface area contributed by atoms with E-state index in [4.69, 9.17) is 5.11 Å². The van der Waals surface area contributed by atoms with Crippen LogP contribution < -0.4 is 5.32 Å². The molecule has 104 valence electrons. The van der Waals surface area contributed by atoms with E-state index < -0.39 is 23.6 Å². The van der Waals surface area contributed by atoms with Crippen molar-refractivity contribution < 1.29 is 27.9 Å². The molecule has 1 atom stereocenters. The Kier molecular flexibility index (Phi) is 3.88. The second kappa shape index (κ2) is 4.91. The first-order valence-electron chi connectivity index (χ1n) is 5.28. The monoisotopic (exact) mass is 275 g/mol. The van der Waals surface area contributed by atoms with Crippen molar-refractivity contribution in [3.05, 3.63) is 35.4 Å². The number of hydrogen-bond donors (Lipinski definition) is 2. The van der Waals surface area contributed by atoms with Crippen molar-refractivity contribution in [2.24, 2.45) is 0 Å². The Bertz CT molecular complexity index is 513. The molecular weight excluding hydrogens is 263 g/mol. The molecule has 1 aromatic carbocycles. The zero-order valence-corrected chi connectivity index (χ0v) is 10.2. The van der Waals surface area contributed by atoms with Gasteiger partial charge in [0, 0.05) is 5.56 Å². The van der Waals surface area contributed by atoms with Gasteiger partial charge >= 0.3 is 12.1 Å². The Labute approximate surface area is 107 Å². The van der Waals surface area contributed by atoms with E-state index in [-0.39, 0.29) is 5.56 Å². The van der Waals surface area contributed by atoms with Crippen LogP contribution in [0.5, 0.6) is 0 Å². The number of carboxylic acids is 1. The second-order valence-electron chi connectivity index (χ2n) is 4.20. The minimum absolute atomic E-state index is 0.000718. The molecule has 0 aliphatic heterocycles. The molecule has 0 saturated carbocycles. The second-order valence-corrected chi connectivity index (χ2v) is 4.20. The Morgan fingerprint density at radius 2 is 1.74 bits per heavy atom. The van der Waals surface area contributed by atoms with Crippen molar-refractivity contribution in [1.82, 2.24) is 5.32 Å². The lowest BCUT2D eigenvalue weighted by Crippen LogP contribution is -2.61. The quantitative estimate of drug-likeness (QED) is 0.888. The molecular formula is C12H12F3NO3. The highest BCUT2D eigenvalue weighted by atomic mass is 19.4. The van der Waals surface area contributed by atoms with Crippen LogP contribution in [-0.4, -0.2) is 28.7 Å². The van der Waals surface area contributed by atoms with E-state index in [2.05, 4.69) is 0 Å². The lowest BCUT2D eigenvalue weighted by atomic mass is 10.00. The topological polar surface area (TPSA) is 66.4 Å². The number of nitrogens with one attached hydrogen (secondary N) is 1. The number of halogens is 3. The van der Waals surface area contributed by atoms with Gasteiger partial charge < -0.3 is 10.4 Å². The maximum absolute atomic E-state index is 12.7. The van der Waals surface area contributed by atoms with Gasteiger partial charge in [0.15, 0.2) is 0 Å². The fraction of sp³-hybridized carbons (Fsp3) is 0.333. The molecule has 1 unspecified atom stereocenters. The van der Waals surface area contributed by atoms with Crippen LogP contribution in [0, 0.1) is 6.92 Å². The molecule has 1 rings (SSSR count). The van der Waals surface area contributed by atoms with Gasteiger partial charge in [-0.25, -0.2) is 4.79 Å². The van der Waals surface area contributed by atoms with Crippen LogP contribution in [0.4, 0.5) is 13.2 Å². The number of alkyl halides is 3. The standard InChI is InChI=1S/C12H12F3NO3/c1-7-5-3-4-6-8(7)9(17)16-11(2,10(18)19)12(13,14)15/h3-6H,1-2H3,(H,16,17)(H,18,19). The van der Waals surface area contributed by atoms with E-state index in [9.17, 15) is 22.8 Å². The van der Waals surface area contributed by atoms with Crippen molar-refractivity contribution in [3.63, 3.8) is 0 Å². The van der Waals surface area contributed by atoms with Gasteiger partial charge in [-0.3, -0.25) is 4.79 Å². The van der Waals surface area contributed by atoms with E-state index in [1.807, 2.05) is 0 Å². The first-order chi connectivity index (χ1) is 8.59. The molecule has 0 fully saturated rings. The van der Waals surface area contributed by atoms with E-state index in [0.29, 0.717) is 12.5 Å². The summed E-state index contributed by atoms with van der Waals surface area (Å²) in [6, 6.07) is 5.96. The smallest absolute Gasteiger partial charge is 0.422 e. The first-order valence-corrected chi connectivity index (χ1v) is 5.28. The minimum atomic E-state index is -5.10. The number of carboxylic acid groups (broad SMARTS) is 1. The Morgan fingerprint density at radius 1 is 1.21 bits per heavy atom. The molecule has 0 saturated heterocycles. The highest BCUT2D eigenvalue weighted by Gasteiger charge is 2.58. The minimum Gasteiger partial charge on any atom is -0.479 e. The van der Waals surface area contributed by atoms with Crippen molar-refractivity contribution in [1.29, 1.82) is 0 Å². The van der Waals surface area contributed by atoms with Gasteiger partial charge in [0.05, 0.1) is 0 Å². The summed E-state index contributed by atoms with van der Waals surface area (Å²) in [5, 5.41) is 10.2. The molecule has 1 amide bonds. The Hall–Kier alpha value is -2.05. The molecule has 0 bridgehead atoms. The van der Waals surface area contributed by atoms with Crippen molar-refractivity contribution in [2.75, 3.05) is 0 Å². The van der Waals surface area contributed by atoms with Gasteiger partial charge in [-0.15, -0.1) is 0 Å². The summed E-state index contributed by atoms with van der Waals surface area (Å²) >= 11 is 0. The number of carbonyl (C=O) groups excluding carboxylic acids is 1.